The van der Waals surface area contributed by atoms with Gasteiger partial charge in [-0.15, -0.1) is 0 Å². The number of fused-ring (bicyclic) bond motifs is 7. The number of carbonyl (C=O) groups is 1. The first-order chi connectivity index (χ1) is 22.6. The first-order valence-electron chi connectivity index (χ1n) is 16.9. The lowest BCUT2D eigenvalue weighted by molar-refractivity contribution is -0.115. The maximum absolute atomic E-state index is 13.9. The SMILES string of the molecule is CC1C/C=C/[C@H](O)[C@@H]2CC[C@H]2CN2C=CC(=CC=C3OC3[C@]3(CCCc4cc(Cl)ccc43)C2)C(=O)NS(=O)(=O)[C@H]1Cc1ccccc1. The number of hydrogen-bond acceptors (Lipinski definition) is 6. The zero-order chi connectivity index (χ0) is 32.8. The number of epoxide rings is 1. The summed E-state index contributed by atoms with van der Waals surface area (Å²) < 4.78 is 36.6. The maximum atomic E-state index is 13.9. The first-order valence-corrected chi connectivity index (χ1v) is 18.8. The fourth-order valence-corrected chi connectivity index (χ4v) is 10.1. The molecule has 1 saturated heterocycles. The predicted molar refractivity (Wildman–Crippen MR) is 184 cm³/mol. The van der Waals surface area contributed by atoms with Gasteiger partial charge in [0.2, 0.25) is 10.0 Å². The van der Waals surface area contributed by atoms with Crippen molar-refractivity contribution in [2.75, 3.05) is 13.1 Å². The van der Waals surface area contributed by atoms with E-state index in [0.29, 0.717) is 19.5 Å². The molecule has 248 valence electrons. The highest BCUT2D eigenvalue weighted by Gasteiger charge is 2.55. The summed E-state index contributed by atoms with van der Waals surface area (Å²) in [5.41, 5.74) is 3.33. The number of nitrogens with one attached hydrogen (secondary N) is 1. The summed E-state index contributed by atoms with van der Waals surface area (Å²) in [4.78, 5) is 16.0. The molecule has 9 heteroatoms. The normalized spacial score (nSPS) is 33.9. The number of aliphatic hydroxyl groups is 1. The number of aryl methyl sites for hydroxylation is 1. The fraction of sp³-hybridized carbons (Fsp3) is 0.447. The van der Waals surface area contributed by atoms with Gasteiger partial charge in [-0.25, -0.2) is 13.1 Å². The van der Waals surface area contributed by atoms with Crippen LogP contribution in [0.5, 0.6) is 0 Å². The number of carbonyl (C=O) groups excluding carboxylic acids is 1. The number of nitrogens with zero attached hydrogens (tertiary/aromatic N) is 1. The topological polar surface area (TPSA) is 99.2 Å². The van der Waals surface area contributed by atoms with E-state index in [1.807, 2.05) is 67.7 Å². The van der Waals surface area contributed by atoms with Gasteiger partial charge in [-0.3, -0.25) is 4.79 Å². The van der Waals surface area contributed by atoms with E-state index >= 15 is 0 Å². The third-order valence-electron chi connectivity index (χ3n) is 11.0. The summed E-state index contributed by atoms with van der Waals surface area (Å²) >= 11 is 6.43. The van der Waals surface area contributed by atoms with Gasteiger partial charge in [0.05, 0.1) is 16.8 Å². The third-order valence-corrected chi connectivity index (χ3v) is 13.2. The van der Waals surface area contributed by atoms with Crippen LogP contribution in [0, 0.1) is 17.8 Å². The lowest BCUT2D eigenvalue weighted by atomic mass is 9.66. The summed E-state index contributed by atoms with van der Waals surface area (Å²) in [5.74, 6) is 0.226. The number of aliphatic hydroxyl groups excluding tert-OH is 1. The van der Waals surface area contributed by atoms with Gasteiger partial charge in [-0.1, -0.05) is 67.1 Å². The second-order valence-corrected chi connectivity index (χ2v) is 16.4. The highest BCUT2D eigenvalue weighted by atomic mass is 35.5. The van der Waals surface area contributed by atoms with Crippen molar-refractivity contribution in [1.82, 2.24) is 9.62 Å². The number of amides is 1. The molecule has 2 bridgehead atoms. The van der Waals surface area contributed by atoms with Crippen LogP contribution in [-0.4, -0.2) is 54.9 Å². The smallest absolute Gasteiger partial charge is 0.264 e. The second kappa shape index (κ2) is 12.9. The molecule has 5 aliphatic rings. The molecular formula is C38H43ClN2O5S. The highest BCUT2D eigenvalue weighted by molar-refractivity contribution is 7.90. The van der Waals surface area contributed by atoms with Crippen molar-refractivity contribution in [3.05, 3.63) is 118 Å². The molecule has 0 radical (unpaired) electrons. The van der Waals surface area contributed by atoms with Crippen LogP contribution in [0.4, 0.5) is 0 Å². The Hall–Kier alpha value is -3.33. The molecule has 0 aromatic heterocycles. The molecule has 47 heavy (non-hydrogen) atoms. The Bertz CT molecular complexity index is 1750. The molecule has 3 heterocycles. The van der Waals surface area contributed by atoms with E-state index < -0.39 is 27.3 Å². The molecule has 7 nitrogen and oxygen atoms in total. The molecule has 2 aromatic carbocycles. The molecule has 2 fully saturated rings. The van der Waals surface area contributed by atoms with Crippen molar-refractivity contribution in [3.63, 3.8) is 0 Å². The Kier molecular flexibility index (Phi) is 8.87. The summed E-state index contributed by atoms with van der Waals surface area (Å²) in [7, 11) is -4.08. The highest BCUT2D eigenvalue weighted by Crippen LogP contribution is 2.52. The molecule has 2 unspecified atom stereocenters. The van der Waals surface area contributed by atoms with Crippen LogP contribution >= 0.6 is 11.6 Å². The fourth-order valence-electron chi connectivity index (χ4n) is 8.25. The van der Waals surface area contributed by atoms with Gasteiger partial charge in [-0.05, 0) is 116 Å². The van der Waals surface area contributed by atoms with Crippen LogP contribution in [0.3, 0.4) is 0 Å². The minimum atomic E-state index is -4.08. The molecule has 3 aliphatic heterocycles. The molecule has 1 amide bonds. The largest absolute Gasteiger partial charge is 0.482 e. The van der Waals surface area contributed by atoms with Crippen molar-refractivity contribution < 1.29 is 23.1 Å². The zero-order valence-corrected chi connectivity index (χ0v) is 28.3. The van der Waals surface area contributed by atoms with Crippen LogP contribution < -0.4 is 4.72 Å². The number of hydrogen-bond donors (Lipinski definition) is 2. The molecule has 1 spiro atoms. The van der Waals surface area contributed by atoms with Crippen molar-refractivity contribution in [2.45, 2.75) is 74.7 Å². The van der Waals surface area contributed by atoms with Crippen LogP contribution in [0.1, 0.15) is 55.7 Å². The van der Waals surface area contributed by atoms with Gasteiger partial charge in [0.25, 0.3) is 5.91 Å². The van der Waals surface area contributed by atoms with Gasteiger partial charge in [0.1, 0.15) is 5.76 Å². The summed E-state index contributed by atoms with van der Waals surface area (Å²) in [6.45, 7) is 3.27. The molecule has 1 saturated carbocycles. The van der Waals surface area contributed by atoms with Crippen molar-refractivity contribution >= 4 is 27.5 Å². The van der Waals surface area contributed by atoms with E-state index in [0.717, 1.165) is 48.4 Å². The number of sulfonamides is 1. The Balaban J connectivity index is 1.28. The van der Waals surface area contributed by atoms with E-state index in [1.165, 1.54) is 11.1 Å². The number of allylic oxidation sites excluding steroid dienone is 3. The van der Waals surface area contributed by atoms with Gasteiger partial charge >= 0.3 is 0 Å². The average molecular weight is 675 g/mol. The van der Waals surface area contributed by atoms with E-state index in [4.69, 9.17) is 16.3 Å². The van der Waals surface area contributed by atoms with E-state index in [-0.39, 0.29) is 41.3 Å². The zero-order valence-electron chi connectivity index (χ0n) is 26.7. The quantitative estimate of drug-likeness (QED) is 0.300. The standard InChI is InChI=1S/C38H43ClN2O5S/c1-25-7-5-11-33(42)31-15-12-29(31)23-41-20-18-27(37(43)40-47(44,45)35(25)21-26-8-3-2-4-9-26)13-17-34-36(46-34)38(24-41)19-6-10-28-22-30(39)14-16-32(28)38/h2-5,8-9,11,13-14,16-18,20,22,25,29,31,33,35-36,42H,6-7,10,12,15,19,21,23-24H2,1H3,(H,40,43)/b11-5+,20-18?,27-13?,34-17?/t25?,29-,31+,33-,35-,36?,38+/m0/s1. The van der Waals surface area contributed by atoms with Crippen LogP contribution in [0.25, 0.3) is 0 Å². The van der Waals surface area contributed by atoms with Gasteiger partial charge in [0.15, 0.2) is 6.10 Å². The summed E-state index contributed by atoms with van der Waals surface area (Å²) in [5, 5.41) is 11.2. The molecule has 7 rings (SSSR count). The van der Waals surface area contributed by atoms with Crippen LogP contribution in [0.2, 0.25) is 5.02 Å². The molecule has 2 aliphatic carbocycles. The minimum absolute atomic E-state index is 0.112. The second-order valence-electron chi connectivity index (χ2n) is 14.1. The maximum Gasteiger partial charge on any atom is 0.264 e. The number of benzene rings is 2. The van der Waals surface area contributed by atoms with Gasteiger partial charge in [0, 0.05) is 23.7 Å². The van der Waals surface area contributed by atoms with Crippen molar-refractivity contribution in [3.8, 4) is 0 Å². The first kappa shape index (κ1) is 32.2. The average Bonchev–Trinajstić information content (AvgIpc) is 3.81. The Morgan fingerprint density at radius 3 is 2.74 bits per heavy atom. The monoisotopic (exact) mass is 674 g/mol. The Morgan fingerprint density at radius 1 is 1.13 bits per heavy atom. The lowest BCUT2D eigenvalue weighted by Crippen LogP contribution is -2.49. The Labute approximate surface area is 283 Å². The van der Waals surface area contributed by atoms with Crippen LogP contribution in [-0.2, 0) is 37.8 Å². The molecule has 2 aromatic rings. The van der Waals surface area contributed by atoms with Crippen LogP contribution in [0.15, 0.2) is 96.4 Å². The molecule has 7 atom stereocenters. The Morgan fingerprint density at radius 2 is 1.96 bits per heavy atom. The van der Waals surface area contributed by atoms with Gasteiger partial charge in [-0.2, -0.15) is 0 Å². The number of halogens is 1. The molecule has 2 N–H and O–H groups in total. The van der Waals surface area contributed by atoms with E-state index in [2.05, 4.69) is 21.8 Å². The third kappa shape index (κ3) is 6.57. The van der Waals surface area contributed by atoms with Crippen molar-refractivity contribution in [1.29, 1.82) is 0 Å². The van der Waals surface area contributed by atoms with Gasteiger partial charge < -0.3 is 14.7 Å². The number of ether oxygens (including phenoxy) is 1. The summed E-state index contributed by atoms with van der Waals surface area (Å²) in [6, 6.07) is 15.7. The molecular weight excluding hydrogens is 632 g/mol. The van der Waals surface area contributed by atoms with E-state index in [1.54, 1.807) is 12.2 Å². The number of rotatable bonds is 2. The predicted octanol–water partition coefficient (Wildman–Crippen LogP) is 5.99. The summed E-state index contributed by atoms with van der Waals surface area (Å²) in [6.07, 6.45) is 15.8. The van der Waals surface area contributed by atoms with E-state index in [9.17, 15) is 18.3 Å². The minimum Gasteiger partial charge on any atom is -0.482 e. The van der Waals surface area contributed by atoms with Crippen molar-refractivity contribution in [2.24, 2.45) is 17.8 Å². The lowest BCUT2D eigenvalue weighted by Gasteiger charge is -2.45.